The maximum atomic E-state index is 12.8. The quantitative estimate of drug-likeness (QED) is 0.242. The summed E-state index contributed by atoms with van der Waals surface area (Å²) in [5.41, 5.74) is -0.640. The van der Waals surface area contributed by atoms with Gasteiger partial charge in [-0.3, -0.25) is 14.4 Å². The molecule has 3 rings (SSSR count). The molecule has 0 aliphatic rings. The van der Waals surface area contributed by atoms with Crippen molar-refractivity contribution in [3.63, 3.8) is 0 Å². The molecule has 0 radical (unpaired) electrons. The SMILES string of the molecule is O=C(CCCC(=O)OCC(=O)Nc1cc(C(F)(F)F)ccc1Cl)Nc1ccc(Sc2ccc(Cl)cc2)cc1. The number of rotatable bonds is 10. The average Bonchev–Trinajstić information content (AvgIpc) is 2.86. The van der Waals surface area contributed by atoms with E-state index in [-0.39, 0.29) is 35.9 Å². The molecule has 0 atom stereocenters. The largest absolute Gasteiger partial charge is 0.456 e. The van der Waals surface area contributed by atoms with Crippen molar-refractivity contribution < 1.29 is 32.3 Å². The van der Waals surface area contributed by atoms with Gasteiger partial charge in [0.1, 0.15) is 0 Å². The zero-order chi connectivity index (χ0) is 27.7. The Morgan fingerprint density at radius 3 is 2.08 bits per heavy atom. The van der Waals surface area contributed by atoms with Gasteiger partial charge in [-0.25, -0.2) is 0 Å². The molecule has 0 aromatic heterocycles. The van der Waals surface area contributed by atoms with Gasteiger partial charge >= 0.3 is 12.1 Å². The minimum absolute atomic E-state index is 0.0441. The van der Waals surface area contributed by atoms with Crippen molar-refractivity contribution in [3.8, 4) is 0 Å². The first-order chi connectivity index (χ1) is 18.0. The Morgan fingerprint density at radius 2 is 1.45 bits per heavy atom. The molecule has 2 N–H and O–H groups in total. The van der Waals surface area contributed by atoms with Crippen LogP contribution in [0.15, 0.2) is 76.5 Å². The molecular weight excluding hydrogens is 564 g/mol. The van der Waals surface area contributed by atoms with E-state index in [1.807, 2.05) is 24.3 Å². The van der Waals surface area contributed by atoms with Crippen LogP contribution in [0, 0.1) is 0 Å². The van der Waals surface area contributed by atoms with Crippen LogP contribution in [0.1, 0.15) is 24.8 Å². The van der Waals surface area contributed by atoms with Crippen molar-refractivity contribution in [3.05, 3.63) is 82.3 Å². The van der Waals surface area contributed by atoms with E-state index in [1.165, 1.54) is 0 Å². The number of halogens is 5. The van der Waals surface area contributed by atoms with Gasteiger partial charge in [0.05, 0.1) is 16.3 Å². The number of hydrogen-bond donors (Lipinski definition) is 2. The van der Waals surface area contributed by atoms with E-state index in [1.54, 1.807) is 36.0 Å². The summed E-state index contributed by atoms with van der Waals surface area (Å²) in [4.78, 5) is 38.0. The van der Waals surface area contributed by atoms with E-state index in [4.69, 9.17) is 27.9 Å². The Balaban J connectivity index is 1.35. The second kappa shape index (κ2) is 13.5. The summed E-state index contributed by atoms with van der Waals surface area (Å²) in [5, 5.41) is 5.48. The zero-order valence-corrected chi connectivity index (χ0v) is 21.9. The minimum atomic E-state index is -4.61. The minimum Gasteiger partial charge on any atom is -0.456 e. The molecule has 3 aromatic carbocycles. The van der Waals surface area contributed by atoms with Gasteiger partial charge in [-0.05, 0) is 73.2 Å². The van der Waals surface area contributed by atoms with Gasteiger partial charge in [-0.2, -0.15) is 13.2 Å². The van der Waals surface area contributed by atoms with Gasteiger partial charge in [0.15, 0.2) is 6.61 Å². The average molecular weight is 585 g/mol. The van der Waals surface area contributed by atoms with Crippen molar-refractivity contribution in [1.29, 1.82) is 0 Å². The molecule has 0 spiro atoms. The van der Waals surface area contributed by atoms with Crippen molar-refractivity contribution in [2.75, 3.05) is 17.2 Å². The van der Waals surface area contributed by atoms with E-state index in [0.29, 0.717) is 16.8 Å². The number of anilines is 2. The molecule has 0 aliphatic heterocycles. The fraction of sp³-hybridized carbons (Fsp3) is 0.192. The number of amides is 2. The van der Waals surface area contributed by atoms with Crippen LogP contribution in [0.5, 0.6) is 0 Å². The highest BCUT2D eigenvalue weighted by Crippen LogP contribution is 2.34. The molecule has 6 nitrogen and oxygen atoms in total. The molecule has 0 bridgehead atoms. The molecule has 0 unspecified atom stereocenters. The summed E-state index contributed by atoms with van der Waals surface area (Å²) in [6.07, 6.45) is -4.51. The maximum absolute atomic E-state index is 12.8. The van der Waals surface area contributed by atoms with E-state index in [2.05, 4.69) is 10.6 Å². The second-order valence-corrected chi connectivity index (χ2v) is 9.87. The van der Waals surface area contributed by atoms with Crippen LogP contribution in [-0.4, -0.2) is 24.4 Å². The highest BCUT2D eigenvalue weighted by Gasteiger charge is 2.31. The number of esters is 1. The van der Waals surface area contributed by atoms with Gasteiger partial charge in [-0.15, -0.1) is 0 Å². The summed E-state index contributed by atoms with van der Waals surface area (Å²) in [5.74, 6) is -1.88. The Hall–Kier alpha value is -3.21. The van der Waals surface area contributed by atoms with Crippen LogP contribution >= 0.6 is 35.0 Å². The lowest BCUT2D eigenvalue weighted by atomic mass is 10.2. The van der Waals surface area contributed by atoms with Gasteiger partial charge in [0.25, 0.3) is 5.91 Å². The normalized spacial score (nSPS) is 11.1. The topological polar surface area (TPSA) is 84.5 Å². The lowest BCUT2D eigenvalue weighted by molar-refractivity contribution is -0.147. The Morgan fingerprint density at radius 1 is 0.816 bits per heavy atom. The van der Waals surface area contributed by atoms with E-state index in [9.17, 15) is 27.6 Å². The zero-order valence-electron chi connectivity index (χ0n) is 19.6. The standard InChI is InChI=1S/C26H21Cl2F3N2O4S/c27-17-5-9-19(10-6-17)38-20-11-7-18(8-12-20)32-23(34)2-1-3-25(36)37-15-24(35)33-22-14-16(26(29,30)31)4-13-21(22)28/h4-14H,1-3,15H2,(H,32,34)(H,33,35). The van der Waals surface area contributed by atoms with Gasteiger partial charge in [0, 0.05) is 33.3 Å². The lowest BCUT2D eigenvalue weighted by Crippen LogP contribution is -2.21. The van der Waals surface area contributed by atoms with Crippen molar-refractivity contribution in [2.45, 2.75) is 35.2 Å². The third kappa shape index (κ3) is 9.59. The van der Waals surface area contributed by atoms with Gasteiger partial charge < -0.3 is 15.4 Å². The van der Waals surface area contributed by atoms with Crippen LogP contribution in [0.3, 0.4) is 0 Å². The van der Waals surface area contributed by atoms with Crippen molar-refractivity contribution >= 4 is 64.1 Å². The maximum Gasteiger partial charge on any atom is 0.416 e. The summed E-state index contributed by atoms with van der Waals surface area (Å²) in [6.45, 7) is -0.710. The van der Waals surface area contributed by atoms with Crippen LogP contribution in [0.4, 0.5) is 24.5 Å². The van der Waals surface area contributed by atoms with E-state index in [0.717, 1.165) is 21.9 Å². The number of benzene rings is 3. The predicted octanol–water partition coefficient (Wildman–Crippen LogP) is 7.45. The van der Waals surface area contributed by atoms with Gasteiger partial charge in [-0.1, -0.05) is 35.0 Å². The first-order valence-corrected chi connectivity index (χ1v) is 12.7. The lowest BCUT2D eigenvalue weighted by Gasteiger charge is -2.12. The molecule has 2 amide bonds. The van der Waals surface area contributed by atoms with Crippen LogP contribution in [-0.2, 0) is 25.3 Å². The second-order valence-electron chi connectivity index (χ2n) is 7.88. The van der Waals surface area contributed by atoms with Crippen LogP contribution in [0.25, 0.3) is 0 Å². The third-order valence-electron chi connectivity index (χ3n) is 4.90. The summed E-state index contributed by atoms with van der Waals surface area (Å²) in [7, 11) is 0. The molecule has 0 heterocycles. The summed E-state index contributed by atoms with van der Waals surface area (Å²) in [6, 6.07) is 17.2. The van der Waals surface area contributed by atoms with Crippen molar-refractivity contribution in [1.82, 2.24) is 0 Å². The molecule has 0 saturated heterocycles. The number of carbonyl (C=O) groups is 3. The van der Waals surface area contributed by atoms with Crippen molar-refractivity contribution in [2.24, 2.45) is 0 Å². The highest BCUT2D eigenvalue weighted by atomic mass is 35.5. The monoisotopic (exact) mass is 584 g/mol. The fourth-order valence-corrected chi connectivity index (χ4v) is 4.17. The van der Waals surface area contributed by atoms with E-state index >= 15 is 0 Å². The fourth-order valence-electron chi connectivity index (χ4n) is 3.06. The first-order valence-electron chi connectivity index (χ1n) is 11.1. The first kappa shape index (κ1) is 29.3. The van der Waals surface area contributed by atoms with Crippen LogP contribution in [0.2, 0.25) is 10.0 Å². The number of carbonyl (C=O) groups excluding carboxylic acids is 3. The summed E-state index contributed by atoms with van der Waals surface area (Å²) < 4.78 is 43.3. The van der Waals surface area contributed by atoms with Gasteiger partial charge in [0.2, 0.25) is 5.91 Å². The third-order valence-corrected chi connectivity index (χ3v) is 6.50. The predicted molar refractivity (Wildman–Crippen MR) is 141 cm³/mol. The molecule has 0 saturated carbocycles. The Kier molecular flexibility index (Phi) is 10.5. The molecule has 3 aromatic rings. The number of ether oxygens (including phenoxy) is 1. The molecule has 0 fully saturated rings. The highest BCUT2D eigenvalue weighted by molar-refractivity contribution is 7.99. The Bertz CT molecular complexity index is 1290. The number of alkyl halides is 3. The molecule has 38 heavy (non-hydrogen) atoms. The summed E-state index contributed by atoms with van der Waals surface area (Å²) >= 11 is 13.3. The van der Waals surface area contributed by atoms with Crippen LogP contribution < -0.4 is 10.6 Å². The van der Waals surface area contributed by atoms with E-state index < -0.39 is 30.2 Å². The number of nitrogens with one attached hydrogen (secondary N) is 2. The molecule has 200 valence electrons. The molecule has 0 aliphatic carbocycles. The molecular formula is C26H21Cl2F3N2O4S. The molecule has 12 heteroatoms. The smallest absolute Gasteiger partial charge is 0.416 e. The number of hydrogen-bond acceptors (Lipinski definition) is 5. The Labute approximate surface area is 230 Å².